The lowest BCUT2D eigenvalue weighted by molar-refractivity contribution is 1.32. The van der Waals surface area contributed by atoms with Crippen LogP contribution >= 0.6 is 34.0 Å². The van der Waals surface area contributed by atoms with E-state index in [4.69, 9.17) is 0 Å². The van der Waals surface area contributed by atoms with Crippen molar-refractivity contribution in [2.45, 2.75) is 0 Å². The fourth-order valence-electron chi connectivity index (χ4n) is 9.97. The molecule has 14 rings (SSSR count). The molecule has 0 fully saturated rings. The number of rotatable bonds is 2. The topological polar surface area (TPSA) is 19.0 Å². The zero-order valence-corrected chi connectivity index (χ0v) is 33.4. The first-order valence-electron chi connectivity index (χ1n) is 19.8. The van der Waals surface area contributed by atoms with Crippen LogP contribution in [-0.4, -0.2) is 12.3 Å². The van der Waals surface area contributed by atoms with E-state index < -0.39 is 0 Å². The third-order valence-electron chi connectivity index (χ3n) is 12.6. The molecule has 0 saturated heterocycles. The molecule has 1 aliphatic rings. The van der Waals surface area contributed by atoms with Crippen molar-refractivity contribution in [1.82, 2.24) is 4.98 Å². The molecule has 9 aromatic carbocycles. The number of H-pyrrole nitrogens is 1. The Balaban J connectivity index is 1.12. The average molecular weight is 789 g/mol. The number of hydrogen-bond acceptors (Lipinski definition) is 4. The van der Waals surface area contributed by atoms with E-state index in [1.807, 2.05) is 34.0 Å². The fourth-order valence-corrected chi connectivity index (χ4v) is 13.5. The second-order valence-electron chi connectivity index (χ2n) is 15.7. The van der Waals surface area contributed by atoms with Crippen molar-refractivity contribution in [2.75, 3.05) is 4.90 Å². The van der Waals surface area contributed by atoms with E-state index in [1.165, 1.54) is 132 Å². The standard InChI is InChI=1S/C52H29BN2S3/c1-2-11-29-23-41-36(22-28(29)10-1)34-15-9-16-35(51(34)54-41)49-50-43(26-39-33-14-5-8-19-46(33)58-52(39)49)55(30-20-21-47-37(24-30)31-12-3-6-17-44(31)56-47)42-25-38-32-13-4-7-18-45(32)57-48(38)27-40(42)53-50/h1-27,53-54H. The van der Waals surface area contributed by atoms with Crippen LogP contribution in [0, 0.1) is 0 Å². The van der Waals surface area contributed by atoms with E-state index >= 15 is 0 Å². The van der Waals surface area contributed by atoms with Gasteiger partial charge in [-0.15, -0.1) is 34.0 Å². The molecule has 0 radical (unpaired) electrons. The van der Waals surface area contributed by atoms with Crippen LogP contribution in [-0.2, 0) is 0 Å². The van der Waals surface area contributed by atoms with Gasteiger partial charge in [0.15, 0.2) is 7.28 Å². The Morgan fingerprint density at radius 1 is 0.431 bits per heavy atom. The summed E-state index contributed by atoms with van der Waals surface area (Å²) in [5.74, 6) is 0. The average Bonchev–Trinajstić information content (AvgIpc) is 4.03. The molecule has 6 heteroatoms. The van der Waals surface area contributed by atoms with Crippen molar-refractivity contribution in [3.05, 3.63) is 164 Å². The molecule has 58 heavy (non-hydrogen) atoms. The van der Waals surface area contributed by atoms with Crippen molar-refractivity contribution in [1.29, 1.82) is 0 Å². The zero-order valence-electron chi connectivity index (χ0n) is 31.0. The van der Waals surface area contributed by atoms with Crippen LogP contribution in [0.25, 0.3) is 104 Å². The van der Waals surface area contributed by atoms with Gasteiger partial charge in [-0.3, -0.25) is 0 Å². The summed E-state index contributed by atoms with van der Waals surface area (Å²) in [6.07, 6.45) is 0. The first-order valence-corrected chi connectivity index (χ1v) is 22.2. The summed E-state index contributed by atoms with van der Waals surface area (Å²) in [6, 6.07) is 61.7. The van der Waals surface area contributed by atoms with Crippen molar-refractivity contribution in [3.8, 4) is 11.1 Å². The Morgan fingerprint density at radius 2 is 1.05 bits per heavy atom. The SMILES string of the molecule is B1c2cc3sc4ccccc4c3cc2N(c2ccc3sc4ccccc4c3c2)c2cc3c(sc4ccccc43)c(-c3cccc4c3[nH]c3cc5ccccc5cc34)c21. The molecule has 0 saturated carbocycles. The number of nitrogens with one attached hydrogen (secondary N) is 1. The largest absolute Gasteiger partial charge is 0.354 e. The predicted molar refractivity (Wildman–Crippen MR) is 259 cm³/mol. The smallest absolute Gasteiger partial charge is 0.198 e. The summed E-state index contributed by atoms with van der Waals surface area (Å²) in [4.78, 5) is 6.57. The second-order valence-corrected chi connectivity index (χ2v) is 18.9. The van der Waals surface area contributed by atoms with Crippen molar-refractivity contribution >= 4 is 162 Å². The minimum absolute atomic E-state index is 0.842. The van der Waals surface area contributed by atoms with Gasteiger partial charge in [-0.05, 0) is 88.5 Å². The monoisotopic (exact) mass is 788 g/mol. The molecule has 2 nitrogen and oxygen atoms in total. The number of fused-ring (bicyclic) bond motifs is 15. The maximum Gasteiger partial charge on any atom is 0.198 e. The summed E-state index contributed by atoms with van der Waals surface area (Å²) >= 11 is 5.72. The van der Waals surface area contributed by atoms with Crippen LogP contribution in [0.3, 0.4) is 0 Å². The minimum atomic E-state index is 0.842. The van der Waals surface area contributed by atoms with Gasteiger partial charge in [-0.1, -0.05) is 103 Å². The second kappa shape index (κ2) is 11.6. The highest BCUT2D eigenvalue weighted by Gasteiger charge is 2.32. The Morgan fingerprint density at radius 3 is 1.84 bits per heavy atom. The summed E-state index contributed by atoms with van der Waals surface area (Å²) in [5, 5.41) is 13.0. The van der Waals surface area contributed by atoms with Gasteiger partial charge in [-0.25, -0.2) is 0 Å². The molecule has 1 N–H and O–H groups in total. The molecule has 0 amide bonds. The van der Waals surface area contributed by atoms with E-state index in [2.05, 4.69) is 174 Å². The van der Waals surface area contributed by atoms with E-state index in [9.17, 15) is 0 Å². The van der Waals surface area contributed by atoms with Gasteiger partial charge in [0.2, 0.25) is 0 Å². The van der Waals surface area contributed by atoms with Gasteiger partial charge < -0.3 is 9.88 Å². The summed E-state index contributed by atoms with van der Waals surface area (Å²) < 4.78 is 7.99. The number of hydrogen-bond donors (Lipinski definition) is 1. The Hall–Kier alpha value is -6.44. The van der Waals surface area contributed by atoms with Crippen LogP contribution in [0.5, 0.6) is 0 Å². The van der Waals surface area contributed by atoms with Gasteiger partial charge in [0.1, 0.15) is 0 Å². The Labute approximate surface area is 345 Å². The highest BCUT2D eigenvalue weighted by atomic mass is 32.1. The Bertz CT molecular complexity index is 3920. The summed E-state index contributed by atoms with van der Waals surface area (Å²) in [6.45, 7) is 0. The highest BCUT2D eigenvalue weighted by molar-refractivity contribution is 7.27. The van der Waals surface area contributed by atoms with Gasteiger partial charge in [0.05, 0.1) is 5.52 Å². The zero-order chi connectivity index (χ0) is 37.6. The van der Waals surface area contributed by atoms with Crippen LogP contribution in [0.15, 0.2) is 164 Å². The maximum atomic E-state index is 3.97. The number of benzene rings is 9. The molecule has 4 aromatic heterocycles. The molecular formula is C52H29BN2S3. The molecule has 268 valence electrons. The Kier molecular flexibility index (Phi) is 6.32. The van der Waals surface area contributed by atoms with Crippen LogP contribution in [0.4, 0.5) is 17.1 Å². The van der Waals surface area contributed by atoms with Gasteiger partial charge >= 0.3 is 0 Å². The van der Waals surface area contributed by atoms with Crippen molar-refractivity contribution in [2.24, 2.45) is 0 Å². The molecular weight excluding hydrogens is 760 g/mol. The fraction of sp³-hybridized carbons (Fsp3) is 0. The molecule has 0 spiro atoms. The summed E-state index contributed by atoms with van der Waals surface area (Å²) in [7, 11) is 0.842. The minimum Gasteiger partial charge on any atom is -0.354 e. The molecule has 0 atom stereocenters. The van der Waals surface area contributed by atoms with Gasteiger partial charge in [0.25, 0.3) is 0 Å². The van der Waals surface area contributed by atoms with E-state index in [1.54, 1.807) is 0 Å². The normalized spacial score (nSPS) is 12.9. The lowest BCUT2D eigenvalue weighted by Gasteiger charge is -2.35. The van der Waals surface area contributed by atoms with Crippen molar-refractivity contribution in [3.63, 3.8) is 0 Å². The van der Waals surface area contributed by atoms with Gasteiger partial charge in [-0.2, -0.15) is 0 Å². The number of anilines is 3. The first kappa shape index (κ1) is 31.6. The number of aromatic amines is 1. The summed E-state index contributed by atoms with van der Waals surface area (Å²) in [5.41, 5.74) is 11.4. The van der Waals surface area contributed by atoms with Crippen LogP contribution in [0.1, 0.15) is 0 Å². The lowest BCUT2D eigenvalue weighted by Crippen LogP contribution is -2.41. The number of nitrogens with zero attached hydrogens (tertiary/aromatic N) is 1. The third-order valence-corrected chi connectivity index (χ3v) is 16.1. The van der Waals surface area contributed by atoms with Crippen LogP contribution < -0.4 is 15.8 Å². The molecule has 0 bridgehead atoms. The van der Waals surface area contributed by atoms with Gasteiger partial charge in [0, 0.05) is 99.4 Å². The van der Waals surface area contributed by atoms with Crippen molar-refractivity contribution < 1.29 is 0 Å². The number of para-hydroxylation sites is 1. The number of aromatic nitrogens is 1. The quantitative estimate of drug-likeness (QED) is 0.173. The first-order chi connectivity index (χ1) is 28.7. The molecule has 5 heterocycles. The molecule has 13 aromatic rings. The third kappa shape index (κ3) is 4.32. The predicted octanol–water partition coefficient (Wildman–Crippen LogP) is 14.4. The molecule has 0 aliphatic carbocycles. The van der Waals surface area contributed by atoms with E-state index in [-0.39, 0.29) is 0 Å². The number of thiophene rings is 3. The lowest BCUT2D eigenvalue weighted by atomic mass is 9.58. The molecule has 1 aliphatic heterocycles. The maximum absolute atomic E-state index is 3.97. The van der Waals surface area contributed by atoms with Crippen LogP contribution in [0.2, 0.25) is 0 Å². The highest BCUT2D eigenvalue weighted by Crippen LogP contribution is 2.49. The van der Waals surface area contributed by atoms with E-state index in [0.717, 1.165) is 7.28 Å². The molecule has 0 unspecified atom stereocenters. The van der Waals surface area contributed by atoms with E-state index in [0.29, 0.717) is 0 Å².